The van der Waals surface area contributed by atoms with Crippen LogP contribution in [-0.2, 0) is 21.2 Å². The summed E-state index contributed by atoms with van der Waals surface area (Å²) in [6, 6.07) is 5.67. The zero-order valence-electron chi connectivity index (χ0n) is 14.1. The van der Waals surface area contributed by atoms with E-state index in [1.165, 1.54) is 7.05 Å². The van der Waals surface area contributed by atoms with Gasteiger partial charge in [-0.3, -0.25) is 4.79 Å². The van der Waals surface area contributed by atoms with Crippen molar-refractivity contribution in [3.63, 3.8) is 0 Å². The molecule has 0 aliphatic rings. The summed E-state index contributed by atoms with van der Waals surface area (Å²) in [4.78, 5) is 12.0. The minimum Gasteiger partial charge on any atom is -0.426 e. The van der Waals surface area contributed by atoms with Gasteiger partial charge in [0.1, 0.15) is 0 Å². The number of benzene rings is 1. The Bertz CT molecular complexity index is 706. The largest absolute Gasteiger partial charge is 0.475 e. The van der Waals surface area contributed by atoms with Crippen molar-refractivity contribution in [3.05, 3.63) is 46.9 Å². The fourth-order valence-electron chi connectivity index (χ4n) is 2.09. The Hall–Kier alpha value is -1.68. The van der Waals surface area contributed by atoms with E-state index in [2.05, 4.69) is 11.9 Å². The van der Waals surface area contributed by atoms with Crippen LogP contribution in [0.1, 0.15) is 16.7 Å². The van der Waals surface area contributed by atoms with Gasteiger partial charge in [-0.25, -0.2) is 8.42 Å². The van der Waals surface area contributed by atoms with Crippen LogP contribution in [0.5, 0.6) is 0 Å². The molecule has 132 valence electrons. The summed E-state index contributed by atoms with van der Waals surface area (Å²) in [6.45, 7) is 6.65. The van der Waals surface area contributed by atoms with Crippen molar-refractivity contribution in [1.82, 2.24) is 9.62 Å². The average molecular weight is 354 g/mol. The zero-order chi connectivity index (χ0) is 18.5. The predicted molar refractivity (Wildman–Crippen MR) is 93.5 cm³/mol. The lowest BCUT2D eigenvalue weighted by Crippen LogP contribution is -2.50. The second-order valence-corrected chi connectivity index (χ2v) is 7.66. The normalized spacial score (nSPS) is 12.8. The second kappa shape index (κ2) is 8.43. The maximum Gasteiger partial charge on any atom is 0.475 e. The highest BCUT2D eigenvalue weighted by molar-refractivity contribution is 7.92. The Morgan fingerprint density at radius 3 is 2.50 bits per heavy atom. The van der Waals surface area contributed by atoms with Crippen molar-refractivity contribution in [2.45, 2.75) is 26.2 Å². The number of sulfonamides is 1. The summed E-state index contributed by atoms with van der Waals surface area (Å²) in [6.07, 6.45) is 0.211. The fourth-order valence-corrected chi connectivity index (χ4v) is 2.64. The van der Waals surface area contributed by atoms with Gasteiger partial charge in [-0.2, -0.15) is 4.31 Å². The third-order valence-corrected chi connectivity index (χ3v) is 5.16. The summed E-state index contributed by atoms with van der Waals surface area (Å²) >= 11 is 0. The lowest BCUT2D eigenvalue weighted by molar-refractivity contribution is -0.121. The minimum absolute atomic E-state index is 0.211. The Balaban J connectivity index is 2.77. The van der Waals surface area contributed by atoms with Gasteiger partial charge in [-0.1, -0.05) is 24.8 Å². The Morgan fingerprint density at radius 1 is 1.38 bits per heavy atom. The topological polar surface area (TPSA) is 107 Å². The van der Waals surface area contributed by atoms with E-state index in [0.29, 0.717) is 0 Å². The van der Waals surface area contributed by atoms with E-state index in [4.69, 9.17) is 0 Å². The molecule has 1 rings (SSSR count). The SMILES string of the molecule is C=CS(=O)(=O)N(C)CC(=O)NC(Cc1ccc(C)c(C)c1)B(O)O. The standard InChI is InChI=1S/C15H23BN2O5S/c1-5-24(22,23)18(4)10-15(19)17-14(16(20)21)9-13-7-6-11(2)12(3)8-13/h5-8,14,20-21H,1,9-10H2,2-4H3,(H,17,19). The zero-order valence-corrected chi connectivity index (χ0v) is 14.9. The van der Waals surface area contributed by atoms with E-state index < -0.39 is 35.5 Å². The summed E-state index contributed by atoms with van der Waals surface area (Å²) < 4.78 is 23.9. The molecule has 1 unspecified atom stereocenters. The highest BCUT2D eigenvalue weighted by atomic mass is 32.2. The molecule has 1 aromatic carbocycles. The van der Waals surface area contributed by atoms with Gasteiger partial charge in [-0.05, 0) is 37.0 Å². The van der Waals surface area contributed by atoms with Crippen LogP contribution in [-0.4, -0.2) is 55.3 Å². The van der Waals surface area contributed by atoms with E-state index in [1.807, 2.05) is 32.0 Å². The summed E-state index contributed by atoms with van der Waals surface area (Å²) in [5, 5.41) is 22.1. The number of nitrogens with zero attached hydrogens (tertiary/aromatic N) is 1. The molecule has 3 N–H and O–H groups in total. The lowest BCUT2D eigenvalue weighted by Gasteiger charge is -2.20. The van der Waals surface area contributed by atoms with Crippen molar-refractivity contribution >= 4 is 23.0 Å². The van der Waals surface area contributed by atoms with Gasteiger partial charge in [0.05, 0.1) is 12.5 Å². The molecule has 0 fully saturated rings. The number of hydrogen-bond donors (Lipinski definition) is 3. The van der Waals surface area contributed by atoms with Crippen LogP contribution >= 0.6 is 0 Å². The minimum atomic E-state index is -3.71. The number of amides is 1. The molecule has 0 aromatic heterocycles. The molecule has 1 amide bonds. The molecular weight excluding hydrogens is 331 g/mol. The van der Waals surface area contributed by atoms with Crippen LogP contribution in [0.2, 0.25) is 0 Å². The Kier molecular flexibility index (Phi) is 7.16. The number of likely N-dealkylation sites (N-methyl/N-ethyl adjacent to an activating group) is 1. The molecule has 0 heterocycles. The van der Waals surface area contributed by atoms with Gasteiger partial charge in [0.15, 0.2) is 0 Å². The lowest BCUT2D eigenvalue weighted by atomic mass is 9.75. The molecule has 0 aliphatic carbocycles. The summed E-state index contributed by atoms with van der Waals surface area (Å²) in [5.74, 6) is -1.58. The van der Waals surface area contributed by atoms with Crippen LogP contribution in [0.3, 0.4) is 0 Å². The molecule has 7 nitrogen and oxygen atoms in total. The molecule has 1 aromatic rings. The molecule has 24 heavy (non-hydrogen) atoms. The van der Waals surface area contributed by atoms with Crippen molar-refractivity contribution in [2.24, 2.45) is 0 Å². The van der Waals surface area contributed by atoms with Gasteiger partial charge in [0, 0.05) is 12.5 Å². The van der Waals surface area contributed by atoms with E-state index in [9.17, 15) is 23.3 Å². The number of carbonyl (C=O) groups is 1. The monoisotopic (exact) mass is 354 g/mol. The first-order valence-corrected chi connectivity index (χ1v) is 8.87. The Morgan fingerprint density at radius 2 is 2.00 bits per heavy atom. The van der Waals surface area contributed by atoms with Gasteiger partial charge < -0.3 is 15.4 Å². The van der Waals surface area contributed by atoms with Gasteiger partial charge in [-0.15, -0.1) is 0 Å². The van der Waals surface area contributed by atoms with Crippen LogP contribution < -0.4 is 5.32 Å². The van der Waals surface area contributed by atoms with Gasteiger partial charge >= 0.3 is 7.12 Å². The van der Waals surface area contributed by atoms with Crippen LogP contribution in [0, 0.1) is 13.8 Å². The van der Waals surface area contributed by atoms with E-state index >= 15 is 0 Å². The van der Waals surface area contributed by atoms with Crippen LogP contribution in [0.15, 0.2) is 30.2 Å². The third kappa shape index (κ3) is 5.75. The molecule has 9 heteroatoms. The first-order chi connectivity index (χ1) is 11.1. The van der Waals surface area contributed by atoms with Crippen LogP contribution in [0.25, 0.3) is 0 Å². The van der Waals surface area contributed by atoms with Crippen molar-refractivity contribution in [3.8, 4) is 0 Å². The van der Waals surface area contributed by atoms with Crippen molar-refractivity contribution < 1.29 is 23.3 Å². The summed E-state index contributed by atoms with van der Waals surface area (Å²) in [5.41, 5.74) is 3.01. The molecule has 1 atom stereocenters. The van der Waals surface area contributed by atoms with Gasteiger partial charge in [0.2, 0.25) is 15.9 Å². The molecular formula is C15H23BN2O5S. The highest BCUT2D eigenvalue weighted by Gasteiger charge is 2.27. The maximum absolute atomic E-state index is 12.0. The average Bonchev–Trinajstić information content (AvgIpc) is 2.49. The number of nitrogens with one attached hydrogen (secondary N) is 1. The molecule has 0 bridgehead atoms. The highest BCUT2D eigenvalue weighted by Crippen LogP contribution is 2.12. The van der Waals surface area contributed by atoms with Gasteiger partial charge in [0.25, 0.3) is 0 Å². The van der Waals surface area contributed by atoms with Crippen molar-refractivity contribution in [1.29, 1.82) is 0 Å². The first-order valence-electron chi connectivity index (χ1n) is 7.37. The van der Waals surface area contributed by atoms with Crippen LogP contribution in [0.4, 0.5) is 0 Å². The van der Waals surface area contributed by atoms with E-state index in [1.54, 1.807) is 0 Å². The summed E-state index contributed by atoms with van der Waals surface area (Å²) in [7, 11) is -4.23. The Labute approximate surface area is 143 Å². The molecule has 0 aliphatic heterocycles. The van der Waals surface area contributed by atoms with E-state index in [0.717, 1.165) is 26.4 Å². The number of aryl methyl sites for hydroxylation is 2. The quantitative estimate of drug-likeness (QED) is 0.558. The van der Waals surface area contributed by atoms with Crippen molar-refractivity contribution in [2.75, 3.05) is 13.6 Å². The number of hydrogen-bond acceptors (Lipinski definition) is 5. The smallest absolute Gasteiger partial charge is 0.426 e. The molecule has 0 saturated heterocycles. The van der Waals surface area contributed by atoms with E-state index in [-0.39, 0.29) is 6.42 Å². The first kappa shape index (κ1) is 20.4. The third-order valence-electron chi connectivity index (χ3n) is 3.74. The molecule has 0 radical (unpaired) electrons. The second-order valence-electron chi connectivity index (χ2n) is 5.68. The number of rotatable bonds is 8. The fraction of sp³-hybridized carbons (Fsp3) is 0.400. The predicted octanol–water partition coefficient (Wildman–Crippen LogP) is -0.252. The molecule has 0 spiro atoms. The maximum atomic E-state index is 12.0. The molecule has 0 saturated carbocycles. The number of carbonyl (C=O) groups excluding carboxylic acids is 1.